The summed E-state index contributed by atoms with van der Waals surface area (Å²) in [6, 6.07) is 11.9. The molecule has 0 amide bonds. The van der Waals surface area contributed by atoms with Gasteiger partial charge in [0.15, 0.2) is 0 Å². The zero-order valence-corrected chi connectivity index (χ0v) is 8.07. The van der Waals surface area contributed by atoms with Crippen molar-refractivity contribution >= 4 is 5.69 Å². The molecule has 0 saturated heterocycles. The van der Waals surface area contributed by atoms with Crippen LogP contribution in [0, 0.1) is 6.92 Å². The van der Waals surface area contributed by atoms with Crippen LogP contribution in [0.25, 0.3) is 11.1 Å². The lowest BCUT2D eigenvalue weighted by molar-refractivity contribution is 1.20. The minimum absolute atomic E-state index is 0.786. The summed E-state index contributed by atoms with van der Waals surface area (Å²) in [4.78, 5) is 4.25. The number of rotatable bonds is 1. The number of pyridine rings is 1. The molecule has 1 heterocycles. The number of aromatic nitrogens is 1. The van der Waals surface area contributed by atoms with Crippen molar-refractivity contribution < 1.29 is 0 Å². The fraction of sp³-hybridized carbons (Fsp3) is 0.0833. The van der Waals surface area contributed by atoms with Crippen LogP contribution in [0.15, 0.2) is 42.6 Å². The highest BCUT2D eigenvalue weighted by atomic mass is 14.7. The van der Waals surface area contributed by atoms with Crippen LogP contribution in [0.1, 0.15) is 5.69 Å². The number of hydrogen-bond donors (Lipinski definition) is 1. The maximum Gasteiger partial charge on any atom is 0.0373 e. The van der Waals surface area contributed by atoms with Gasteiger partial charge in [-0.25, -0.2) is 0 Å². The summed E-state index contributed by atoms with van der Waals surface area (Å²) < 4.78 is 0. The van der Waals surface area contributed by atoms with Gasteiger partial charge >= 0.3 is 0 Å². The van der Waals surface area contributed by atoms with Crippen molar-refractivity contribution in [2.24, 2.45) is 0 Å². The van der Waals surface area contributed by atoms with Gasteiger partial charge in [-0.15, -0.1) is 0 Å². The minimum Gasteiger partial charge on any atom is -0.399 e. The number of nitrogen functional groups attached to an aromatic ring is 1. The molecule has 0 bridgehead atoms. The van der Waals surface area contributed by atoms with Gasteiger partial charge in [-0.05, 0) is 30.7 Å². The normalized spacial score (nSPS) is 10.1. The molecule has 1 aromatic heterocycles. The lowest BCUT2D eigenvalue weighted by Crippen LogP contribution is -1.85. The van der Waals surface area contributed by atoms with Gasteiger partial charge in [0.2, 0.25) is 0 Å². The lowest BCUT2D eigenvalue weighted by atomic mass is 10.1. The summed E-state index contributed by atoms with van der Waals surface area (Å²) in [6.45, 7) is 1.98. The van der Waals surface area contributed by atoms with Crippen LogP contribution in [0.5, 0.6) is 0 Å². The van der Waals surface area contributed by atoms with E-state index in [1.54, 1.807) is 0 Å². The molecule has 0 aliphatic carbocycles. The van der Waals surface area contributed by atoms with E-state index < -0.39 is 0 Å². The molecule has 70 valence electrons. The second kappa shape index (κ2) is 3.50. The van der Waals surface area contributed by atoms with Crippen LogP contribution in [-0.2, 0) is 0 Å². The first-order valence-corrected chi connectivity index (χ1v) is 4.54. The van der Waals surface area contributed by atoms with Crippen molar-refractivity contribution in [1.29, 1.82) is 0 Å². The van der Waals surface area contributed by atoms with E-state index in [4.69, 9.17) is 5.73 Å². The summed E-state index contributed by atoms with van der Waals surface area (Å²) in [5.41, 5.74) is 9.70. The van der Waals surface area contributed by atoms with E-state index in [0.29, 0.717) is 0 Å². The number of hydrogen-bond acceptors (Lipinski definition) is 2. The number of benzene rings is 1. The summed E-state index contributed by atoms with van der Waals surface area (Å²) in [5.74, 6) is 0. The third-order valence-electron chi connectivity index (χ3n) is 2.16. The molecule has 14 heavy (non-hydrogen) atoms. The average Bonchev–Trinajstić information content (AvgIpc) is 2.21. The predicted octanol–water partition coefficient (Wildman–Crippen LogP) is 2.64. The van der Waals surface area contributed by atoms with Gasteiger partial charge in [0.05, 0.1) is 0 Å². The van der Waals surface area contributed by atoms with Crippen LogP contribution < -0.4 is 5.73 Å². The molecule has 2 aromatic rings. The number of nitrogens with two attached hydrogens (primary N) is 1. The van der Waals surface area contributed by atoms with E-state index in [1.807, 2.05) is 43.5 Å². The Morgan fingerprint density at radius 3 is 2.14 bits per heavy atom. The Kier molecular flexibility index (Phi) is 2.19. The van der Waals surface area contributed by atoms with E-state index in [9.17, 15) is 0 Å². The Bertz CT molecular complexity index is 372. The van der Waals surface area contributed by atoms with Crippen LogP contribution in [0.4, 0.5) is 5.69 Å². The SMILES string of the molecule is Cc1ccc(-c2ccc(N)cc2)cn1. The Morgan fingerprint density at radius 2 is 1.57 bits per heavy atom. The fourth-order valence-electron chi connectivity index (χ4n) is 1.31. The van der Waals surface area contributed by atoms with Gasteiger partial charge in [0, 0.05) is 23.1 Å². The molecule has 0 atom stereocenters. The highest BCUT2D eigenvalue weighted by molar-refractivity contribution is 5.64. The Balaban J connectivity index is 2.40. The first-order chi connectivity index (χ1) is 6.75. The molecular formula is C12H12N2. The molecule has 0 aliphatic heterocycles. The largest absolute Gasteiger partial charge is 0.399 e. The highest BCUT2D eigenvalue weighted by Gasteiger charge is 1.96. The van der Waals surface area contributed by atoms with Crippen molar-refractivity contribution in [2.75, 3.05) is 5.73 Å². The quantitative estimate of drug-likeness (QED) is 0.692. The van der Waals surface area contributed by atoms with Gasteiger partial charge in [-0.1, -0.05) is 18.2 Å². The Morgan fingerprint density at radius 1 is 0.929 bits per heavy atom. The third kappa shape index (κ3) is 1.74. The first-order valence-electron chi connectivity index (χ1n) is 4.54. The number of aryl methyl sites for hydroxylation is 1. The van der Waals surface area contributed by atoms with Gasteiger partial charge < -0.3 is 5.73 Å². The van der Waals surface area contributed by atoms with Crippen LogP contribution in [0.2, 0.25) is 0 Å². The molecule has 0 radical (unpaired) electrons. The monoisotopic (exact) mass is 184 g/mol. The number of nitrogens with zero attached hydrogens (tertiary/aromatic N) is 1. The van der Waals surface area contributed by atoms with Gasteiger partial charge in [-0.2, -0.15) is 0 Å². The topological polar surface area (TPSA) is 38.9 Å². The zero-order chi connectivity index (χ0) is 9.97. The molecule has 0 spiro atoms. The Hall–Kier alpha value is -1.83. The van der Waals surface area contributed by atoms with Gasteiger partial charge in [0.25, 0.3) is 0 Å². The van der Waals surface area contributed by atoms with Crippen LogP contribution >= 0.6 is 0 Å². The predicted molar refractivity (Wildman–Crippen MR) is 58.8 cm³/mol. The molecule has 2 rings (SSSR count). The molecular weight excluding hydrogens is 172 g/mol. The number of anilines is 1. The Labute approximate surface area is 83.4 Å². The fourth-order valence-corrected chi connectivity index (χ4v) is 1.31. The summed E-state index contributed by atoms with van der Waals surface area (Å²) >= 11 is 0. The third-order valence-corrected chi connectivity index (χ3v) is 2.16. The second-order valence-electron chi connectivity index (χ2n) is 3.31. The standard InChI is InChI=1S/C12H12N2/c1-9-2-3-11(8-14-9)10-4-6-12(13)7-5-10/h2-8H,13H2,1H3. The first kappa shape index (κ1) is 8.75. The van der Waals surface area contributed by atoms with Crippen molar-refractivity contribution in [3.8, 4) is 11.1 Å². The van der Waals surface area contributed by atoms with Crippen LogP contribution in [0.3, 0.4) is 0 Å². The molecule has 0 aliphatic rings. The van der Waals surface area contributed by atoms with Crippen LogP contribution in [-0.4, -0.2) is 4.98 Å². The molecule has 1 aromatic carbocycles. The van der Waals surface area contributed by atoms with E-state index in [0.717, 1.165) is 22.5 Å². The van der Waals surface area contributed by atoms with E-state index in [-0.39, 0.29) is 0 Å². The maximum atomic E-state index is 5.61. The molecule has 0 saturated carbocycles. The molecule has 2 N–H and O–H groups in total. The van der Waals surface area contributed by atoms with Crippen molar-refractivity contribution in [1.82, 2.24) is 4.98 Å². The molecule has 0 unspecified atom stereocenters. The zero-order valence-electron chi connectivity index (χ0n) is 8.07. The van der Waals surface area contributed by atoms with E-state index in [1.165, 1.54) is 0 Å². The lowest BCUT2D eigenvalue weighted by Gasteiger charge is -2.01. The van der Waals surface area contributed by atoms with E-state index in [2.05, 4.69) is 11.1 Å². The van der Waals surface area contributed by atoms with Crippen molar-refractivity contribution in [3.05, 3.63) is 48.3 Å². The summed E-state index contributed by atoms with van der Waals surface area (Å²) in [5, 5.41) is 0. The summed E-state index contributed by atoms with van der Waals surface area (Å²) in [6.07, 6.45) is 1.88. The smallest absolute Gasteiger partial charge is 0.0373 e. The maximum absolute atomic E-state index is 5.61. The summed E-state index contributed by atoms with van der Waals surface area (Å²) in [7, 11) is 0. The highest BCUT2D eigenvalue weighted by Crippen LogP contribution is 2.19. The molecule has 0 fully saturated rings. The van der Waals surface area contributed by atoms with Gasteiger partial charge in [0.1, 0.15) is 0 Å². The molecule has 2 nitrogen and oxygen atoms in total. The average molecular weight is 184 g/mol. The minimum atomic E-state index is 0.786. The molecule has 2 heteroatoms. The van der Waals surface area contributed by atoms with Crippen molar-refractivity contribution in [2.45, 2.75) is 6.92 Å². The van der Waals surface area contributed by atoms with Gasteiger partial charge in [-0.3, -0.25) is 4.98 Å². The second-order valence-corrected chi connectivity index (χ2v) is 3.31. The van der Waals surface area contributed by atoms with Crippen molar-refractivity contribution in [3.63, 3.8) is 0 Å². The van der Waals surface area contributed by atoms with E-state index >= 15 is 0 Å².